The summed E-state index contributed by atoms with van der Waals surface area (Å²) in [4.78, 5) is 10.6. The maximum atomic E-state index is 11.1. The minimum absolute atomic E-state index is 0.115. The van der Waals surface area contributed by atoms with Crippen LogP contribution >= 0.6 is 0 Å². The molecule has 7 nitrogen and oxygen atoms in total. The fourth-order valence-corrected chi connectivity index (χ4v) is 2.23. The Morgan fingerprint density at radius 1 is 1.24 bits per heavy atom. The van der Waals surface area contributed by atoms with Gasteiger partial charge in [-0.25, -0.2) is 0 Å². The fourth-order valence-electron chi connectivity index (χ4n) is 2.23. The molecule has 0 bridgehead atoms. The van der Waals surface area contributed by atoms with Crippen molar-refractivity contribution in [1.29, 1.82) is 0 Å². The van der Waals surface area contributed by atoms with Gasteiger partial charge in [-0.15, -0.1) is 0 Å². The third-order valence-electron chi connectivity index (χ3n) is 3.49. The van der Waals surface area contributed by atoms with Crippen molar-refractivity contribution in [1.82, 2.24) is 5.16 Å². The molecule has 2 rings (SSSR count). The van der Waals surface area contributed by atoms with E-state index in [-0.39, 0.29) is 17.1 Å². The summed E-state index contributed by atoms with van der Waals surface area (Å²) in [5, 5.41) is 14.7. The standard InChI is InChI=1S/C18H22N2O5/c1-4-6-11-24-15-9-7-14(12-17(15)23-5-2)8-10-16-18(20(21)22)13(3)19-25-16/h7-10,12H,4-6,11H2,1-3H3. The van der Waals surface area contributed by atoms with Gasteiger partial charge in [-0.1, -0.05) is 30.6 Å². The molecule has 134 valence electrons. The third-order valence-corrected chi connectivity index (χ3v) is 3.49. The molecule has 25 heavy (non-hydrogen) atoms. The number of hydrogen-bond acceptors (Lipinski definition) is 6. The SMILES string of the molecule is CCCCOc1ccc(C=Cc2onc(C)c2[N+](=O)[O-])cc1OCC. The lowest BCUT2D eigenvalue weighted by Gasteiger charge is -2.12. The predicted molar refractivity (Wildman–Crippen MR) is 94.8 cm³/mol. The summed E-state index contributed by atoms with van der Waals surface area (Å²) in [6.07, 6.45) is 5.27. The highest BCUT2D eigenvalue weighted by Gasteiger charge is 2.21. The summed E-state index contributed by atoms with van der Waals surface area (Å²) in [6.45, 7) is 6.69. The molecule has 0 atom stereocenters. The van der Waals surface area contributed by atoms with Crippen molar-refractivity contribution in [3.05, 3.63) is 45.3 Å². The van der Waals surface area contributed by atoms with Crippen molar-refractivity contribution < 1.29 is 18.9 Å². The van der Waals surface area contributed by atoms with Gasteiger partial charge in [-0.05, 0) is 44.0 Å². The zero-order valence-corrected chi connectivity index (χ0v) is 14.7. The Labute approximate surface area is 146 Å². The van der Waals surface area contributed by atoms with E-state index in [1.165, 1.54) is 13.0 Å². The Bertz CT molecular complexity index is 752. The van der Waals surface area contributed by atoms with Crippen LogP contribution < -0.4 is 9.47 Å². The first kappa shape index (κ1) is 18.5. The number of rotatable bonds is 9. The first-order chi connectivity index (χ1) is 12.1. The van der Waals surface area contributed by atoms with Gasteiger partial charge in [-0.3, -0.25) is 10.1 Å². The molecule has 0 fully saturated rings. The van der Waals surface area contributed by atoms with E-state index >= 15 is 0 Å². The molecular formula is C18H22N2O5. The molecule has 0 N–H and O–H groups in total. The van der Waals surface area contributed by atoms with E-state index in [1.807, 2.05) is 25.1 Å². The predicted octanol–water partition coefficient (Wildman–Crippen LogP) is 4.64. The number of nitro groups is 1. The Kier molecular flexibility index (Phi) is 6.56. The first-order valence-electron chi connectivity index (χ1n) is 8.25. The summed E-state index contributed by atoms with van der Waals surface area (Å²) in [7, 11) is 0. The lowest BCUT2D eigenvalue weighted by Crippen LogP contribution is -2.00. The van der Waals surface area contributed by atoms with Gasteiger partial charge >= 0.3 is 5.69 Å². The van der Waals surface area contributed by atoms with E-state index < -0.39 is 4.92 Å². The van der Waals surface area contributed by atoms with Gasteiger partial charge in [0.2, 0.25) is 5.76 Å². The molecule has 0 aliphatic carbocycles. The summed E-state index contributed by atoms with van der Waals surface area (Å²) in [6, 6.07) is 5.52. The highest BCUT2D eigenvalue weighted by Crippen LogP contribution is 2.30. The van der Waals surface area contributed by atoms with Gasteiger partial charge < -0.3 is 14.0 Å². The van der Waals surface area contributed by atoms with Crippen LogP contribution in [0.3, 0.4) is 0 Å². The van der Waals surface area contributed by atoms with Crippen molar-refractivity contribution in [3.63, 3.8) is 0 Å². The number of nitrogens with zero attached hydrogens (tertiary/aromatic N) is 2. The maximum Gasteiger partial charge on any atom is 0.338 e. The highest BCUT2D eigenvalue weighted by molar-refractivity contribution is 5.72. The second-order valence-electron chi connectivity index (χ2n) is 5.41. The number of aryl methyl sites for hydroxylation is 1. The zero-order valence-electron chi connectivity index (χ0n) is 14.7. The van der Waals surface area contributed by atoms with Crippen molar-refractivity contribution in [2.45, 2.75) is 33.6 Å². The molecule has 0 radical (unpaired) electrons. The minimum Gasteiger partial charge on any atom is -0.490 e. The molecule has 0 aliphatic heterocycles. The Morgan fingerprint density at radius 3 is 2.72 bits per heavy atom. The molecule has 1 aromatic heterocycles. The van der Waals surface area contributed by atoms with Gasteiger partial charge in [0, 0.05) is 0 Å². The molecular weight excluding hydrogens is 324 g/mol. The molecule has 0 saturated carbocycles. The topological polar surface area (TPSA) is 87.6 Å². The smallest absolute Gasteiger partial charge is 0.338 e. The van der Waals surface area contributed by atoms with Crippen LogP contribution in [0.5, 0.6) is 11.5 Å². The van der Waals surface area contributed by atoms with Gasteiger partial charge in [-0.2, -0.15) is 0 Å². The summed E-state index contributed by atoms with van der Waals surface area (Å²) < 4.78 is 16.4. The van der Waals surface area contributed by atoms with E-state index in [0.717, 1.165) is 18.4 Å². The Morgan fingerprint density at radius 2 is 2.04 bits per heavy atom. The minimum atomic E-state index is -0.498. The largest absolute Gasteiger partial charge is 0.490 e. The summed E-state index contributed by atoms with van der Waals surface area (Å²) in [5.74, 6) is 1.45. The normalized spacial score (nSPS) is 11.0. The average molecular weight is 346 g/mol. The monoisotopic (exact) mass is 346 g/mol. The first-order valence-corrected chi connectivity index (χ1v) is 8.25. The van der Waals surface area contributed by atoms with E-state index in [1.54, 1.807) is 6.08 Å². The number of aromatic nitrogens is 1. The van der Waals surface area contributed by atoms with Gasteiger partial charge in [0.05, 0.1) is 18.1 Å². The van der Waals surface area contributed by atoms with Gasteiger partial charge in [0.25, 0.3) is 0 Å². The second kappa shape index (κ2) is 8.86. The molecule has 0 aliphatic rings. The lowest BCUT2D eigenvalue weighted by atomic mass is 10.1. The van der Waals surface area contributed by atoms with E-state index in [0.29, 0.717) is 24.7 Å². The number of unbranched alkanes of at least 4 members (excludes halogenated alkanes) is 1. The Hall–Kier alpha value is -2.83. The van der Waals surface area contributed by atoms with Crippen molar-refractivity contribution in [2.75, 3.05) is 13.2 Å². The molecule has 1 aromatic carbocycles. The molecule has 0 unspecified atom stereocenters. The van der Waals surface area contributed by atoms with Crippen LogP contribution in [0.2, 0.25) is 0 Å². The number of ether oxygens (including phenoxy) is 2. The van der Waals surface area contributed by atoms with E-state index in [4.69, 9.17) is 14.0 Å². The molecule has 0 spiro atoms. The molecule has 7 heteroatoms. The van der Waals surface area contributed by atoms with Crippen LogP contribution in [-0.2, 0) is 0 Å². The summed E-state index contributed by atoms with van der Waals surface area (Å²) in [5.41, 5.74) is 0.940. The van der Waals surface area contributed by atoms with Crippen molar-refractivity contribution in [2.24, 2.45) is 0 Å². The number of benzene rings is 1. The van der Waals surface area contributed by atoms with Gasteiger partial charge in [0.15, 0.2) is 17.2 Å². The van der Waals surface area contributed by atoms with Crippen molar-refractivity contribution in [3.8, 4) is 11.5 Å². The highest BCUT2D eigenvalue weighted by atomic mass is 16.6. The third kappa shape index (κ3) is 4.82. The van der Waals surface area contributed by atoms with E-state index in [2.05, 4.69) is 12.1 Å². The zero-order chi connectivity index (χ0) is 18.2. The van der Waals surface area contributed by atoms with Crippen LogP contribution in [0.25, 0.3) is 12.2 Å². The quantitative estimate of drug-likeness (QED) is 0.373. The second-order valence-corrected chi connectivity index (χ2v) is 5.41. The molecule has 1 heterocycles. The van der Waals surface area contributed by atoms with Crippen LogP contribution in [-0.4, -0.2) is 23.3 Å². The van der Waals surface area contributed by atoms with Crippen LogP contribution in [0.4, 0.5) is 5.69 Å². The van der Waals surface area contributed by atoms with E-state index in [9.17, 15) is 10.1 Å². The van der Waals surface area contributed by atoms with Crippen LogP contribution in [0.1, 0.15) is 43.7 Å². The van der Waals surface area contributed by atoms with Gasteiger partial charge in [0.1, 0.15) is 0 Å². The fraction of sp³-hybridized carbons (Fsp3) is 0.389. The van der Waals surface area contributed by atoms with Crippen LogP contribution in [0.15, 0.2) is 22.7 Å². The lowest BCUT2D eigenvalue weighted by molar-refractivity contribution is -0.386. The van der Waals surface area contributed by atoms with Crippen molar-refractivity contribution >= 4 is 17.8 Å². The van der Waals surface area contributed by atoms with Crippen LogP contribution in [0, 0.1) is 17.0 Å². The number of hydrogen-bond donors (Lipinski definition) is 0. The Balaban J connectivity index is 2.22. The average Bonchev–Trinajstić information content (AvgIpc) is 2.96. The molecule has 2 aromatic rings. The maximum absolute atomic E-state index is 11.1. The molecule has 0 amide bonds. The molecule has 0 saturated heterocycles. The summed E-state index contributed by atoms with van der Waals surface area (Å²) >= 11 is 0.